The van der Waals surface area contributed by atoms with Gasteiger partial charge in [0.05, 0.1) is 12.0 Å². The first-order chi connectivity index (χ1) is 12.0. The topological polar surface area (TPSA) is 80.7 Å². The number of ether oxygens (including phenoxy) is 1. The lowest BCUT2D eigenvalue weighted by Crippen LogP contribution is -2.40. The molecule has 0 fully saturated rings. The van der Waals surface area contributed by atoms with E-state index in [9.17, 15) is 14.4 Å². The zero-order valence-electron chi connectivity index (χ0n) is 17.4. The van der Waals surface area contributed by atoms with Gasteiger partial charge in [0.25, 0.3) is 0 Å². The Bertz CT molecular complexity index is 451. The summed E-state index contributed by atoms with van der Waals surface area (Å²) in [6.45, 7) is 10.2. The van der Waals surface area contributed by atoms with Crippen LogP contribution in [0.3, 0.4) is 0 Å². The summed E-state index contributed by atoms with van der Waals surface area (Å²) in [5.41, 5.74) is -0.741. The van der Waals surface area contributed by atoms with E-state index in [2.05, 4.69) is 13.8 Å². The summed E-state index contributed by atoms with van der Waals surface area (Å²) >= 11 is 0. The van der Waals surface area contributed by atoms with Gasteiger partial charge in [-0.1, -0.05) is 33.1 Å². The standard InChI is InChI=1S/C21H38O5/c1-6-26-19(25)21(4,5)20(2,3)16-12-11-14-17(22)13-9-7-8-10-15-18(23)24/h6-16H2,1-5H3,(H,23,24). The third kappa shape index (κ3) is 9.35. The highest BCUT2D eigenvalue weighted by atomic mass is 16.5. The summed E-state index contributed by atoms with van der Waals surface area (Å²) in [6.07, 6.45) is 7.36. The van der Waals surface area contributed by atoms with E-state index >= 15 is 0 Å². The molecule has 0 spiro atoms. The zero-order chi connectivity index (χ0) is 20.2. The Hall–Kier alpha value is -1.39. The van der Waals surface area contributed by atoms with Gasteiger partial charge in [-0.15, -0.1) is 0 Å². The van der Waals surface area contributed by atoms with Crippen molar-refractivity contribution in [3.05, 3.63) is 0 Å². The van der Waals surface area contributed by atoms with E-state index in [0.29, 0.717) is 25.9 Å². The van der Waals surface area contributed by atoms with E-state index in [1.54, 1.807) is 0 Å². The van der Waals surface area contributed by atoms with Crippen LogP contribution in [0.15, 0.2) is 0 Å². The molecule has 0 rings (SSSR count). The number of hydrogen-bond acceptors (Lipinski definition) is 4. The number of carboxylic acid groups (broad SMARTS) is 1. The van der Waals surface area contributed by atoms with E-state index in [-0.39, 0.29) is 23.6 Å². The zero-order valence-corrected chi connectivity index (χ0v) is 17.4. The molecule has 0 atom stereocenters. The first kappa shape index (κ1) is 24.6. The molecule has 0 unspecified atom stereocenters. The smallest absolute Gasteiger partial charge is 0.312 e. The number of esters is 1. The molecule has 0 aliphatic heterocycles. The highest BCUT2D eigenvalue weighted by Gasteiger charge is 2.43. The largest absolute Gasteiger partial charge is 0.481 e. The fourth-order valence-electron chi connectivity index (χ4n) is 2.87. The van der Waals surface area contributed by atoms with Crippen molar-refractivity contribution in [3.63, 3.8) is 0 Å². The predicted molar refractivity (Wildman–Crippen MR) is 103 cm³/mol. The molecule has 0 aliphatic rings. The Labute approximate surface area is 158 Å². The lowest BCUT2D eigenvalue weighted by molar-refractivity contribution is -0.160. The van der Waals surface area contributed by atoms with Crippen molar-refractivity contribution in [1.82, 2.24) is 0 Å². The molecular weight excluding hydrogens is 332 g/mol. The summed E-state index contributed by atoms with van der Waals surface area (Å²) in [5.74, 6) is -0.634. The van der Waals surface area contributed by atoms with Crippen LogP contribution in [0.25, 0.3) is 0 Å². The number of rotatable bonds is 15. The first-order valence-corrected chi connectivity index (χ1v) is 9.95. The van der Waals surface area contributed by atoms with Crippen molar-refractivity contribution in [2.45, 2.75) is 98.8 Å². The summed E-state index contributed by atoms with van der Waals surface area (Å²) in [7, 11) is 0. The number of unbranched alkanes of at least 4 members (excludes halogenated alkanes) is 4. The monoisotopic (exact) mass is 370 g/mol. The van der Waals surface area contributed by atoms with Crippen LogP contribution in [-0.4, -0.2) is 29.4 Å². The molecule has 0 bridgehead atoms. The Balaban J connectivity index is 3.97. The molecule has 0 aromatic rings. The van der Waals surface area contributed by atoms with Crippen molar-refractivity contribution in [3.8, 4) is 0 Å². The Morgan fingerprint density at radius 3 is 1.81 bits per heavy atom. The van der Waals surface area contributed by atoms with E-state index in [4.69, 9.17) is 9.84 Å². The summed E-state index contributed by atoms with van der Waals surface area (Å²) in [4.78, 5) is 34.5. The number of Topliss-reactive ketones (excluding diaryl/α,β-unsaturated/α-hetero) is 1. The van der Waals surface area contributed by atoms with Gasteiger partial charge in [-0.3, -0.25) is 14.4 Å². The molecule has 0 saturated carbocycles. The molecule has 0 saturated heterocycles. The molecular formula is C21H38O5. The third-order valence-electron chi connectivity index (χ3n) is 5.58. The van der Waals surface area contributed by atoms with E-state index in [0.717, 1.165) is 38.5 Å². The molecule has 0 amide bonds. The van der Waals surface area contributed by atoms with Crippen molar-refractivity contribution >= 4 is 17.7 Å². The van der Waals surface area contributed by atoms with Crippen LogP contribution >= 0.6 is 0 Å². The molecule has 0 aromatic carbocycles. The van der Waals surface area contributed by atoms with Gasteiger partial charge in [0.15, 0.2) is 0 Å². The van der Waals surface area contributed by atoms with E-state index in [1.165, 1.54) is 0 Å². The Kier molecular flexibility index (Phi) is 11.4. The van der Waals surface area contributed by atoms with Crippen LogP contribution < -0.4 is 0 Å². The average Bonchev–Trinajstić information content (AvgIpc) is 2.54. The van der Waals surface area contributed by atoms with Crippen molar-refractivity contribution < 1.29 is 24.2 Å². The number of ketones is 1. The maximum absolute atomic E-state index is 12.2. The predicted octanol–water partition coefficient (Wildman–Crippen LogP) is 5.16. The van der Waals surface area contributed by atoms with Gasteiger partial charge in [-0.25, -0.2) is 0 Å². The lowest BCUT2D eigenvalue weighted by atomic mass is 9.65. The average molecular weight is 371 g/mol. The summed E-state index contributed by atoms with van der Waals surface area (Å²) in [5, 5.41) is 8.56. The molecule has 0 aliphatic carbocycles. The maximum Gasteiger partial charge on any atom is 0.312 e. The second-order valence-electron chi connectivity index (χ2n) is 8.28. The van der Waals surface area contributed by atoms with Gasteiger partial charge in [-0.05, 0) is 51.9 Å². The highest BCUT2D eigenvalue weighted by molar-refractivity contribution is 5.78. The second kappa shape index (κ2) is 12.1. The van der Waals surface area contributed by atoms with Gasteiger partial charge in [0.1, 0.15) is 5.78 Å². The van der Waals surface area contributed by atoms with Gasteiger partial charge in [0.2, 0.25) is 0 Å². The van der Waals surface area contributed by atoms with Crippen molar-refractivity contribution in [2.24, 2.45) is 10.8 Å². The van der Waals surface area contributed by atoms with Crippen LogP contribution in [0.2, 0.25) is 0 Å². The molecule has 5 nitrogen and oxygen atoms in total. The van der Waals surface area contributed by atoms with Crippen LogP contribution in [0.1, 0.15) is 98.8 Å². The van der Waals surface area contributed by atoms with Crippen LogP contribution in [0.5, 0.6) is 0 Å². The number of carbonyl (C=O) groups excluding carboxylic acids is 2. The molecule has 26 heavy (non-hydrogen) atoms. The molecule has 152 valence electrons. The number of carboxylic acids is 1. The minimum atomic E-state index is -0.755. The van der Waals surface area contributed by atoms with E-state index in [1.807, 2.05) is 20.8 Å². The van der Waals surface area contributed by atoms with Gasteiger partial charge in [0, 0.05) is 19.3 Å². The summed E-state index contributed by atoms with van der Waals surface area (Å²) < 4.78 is 5.20. The third-order valence-corrected chi connectivity index (χ3v) is 5.58. The van der Waals surface area contributed by atoms with E-state index < -0.39 is 11.4 Å². The highest BCUT2D eigenvalue weighted by Crippen LogP contribution is 2.43. The second-order valence-corrected chi connectivity index (χ2v) is 8.28. The van der Waals surface area contributed by atoms with Crippen molar-refractivity contribution in [1.29, 1.82) is 0 Å². The summed E-state index contributed by atoms with van der Waals surface area (Å²) in [6, 6.07) is 0. The van der Waals surface area contributed by atoms with Crippen LogP contribution in [0.4, 0.5) is 0 Å². The maximum atomic E-state index is 12.2. The Morgan fingerprint density at radius 2 is 1.31 bits per heavy atom. The minimum Gasteiger partial charge on any atom is -0.481 e. The first-order valence-electron chi connectivity index (χ1n) is 9.95. The quantitative estimate of drug-likeness (QED) is 0.318. The molecule has 5 heteroatoms. The van der Waals surface area contributed by atoms with Gasteiger partial charge < -0.3 is 9.84 Å². The van der Waals surface area contributed by atoms with Gasteiger partial charge in [-0.2, -0.15) is 0 Å². The fourth-order valence-corrected chi connectivity index (χ4v) is 2.87. The lowest BCUT2D eigenvalue weighted by Gasteiger charge is -2.39. The minimum absolute atomic E-state index is 0.163. The van der Waals surface area contributed by atoms with Gasteiger partial charge >= 0.3 is 11.9 Å². The van der Waals surface area contributed by atoms with Crippen LogP contribution in [-0.2, 0) is 19.1 Å². The molecule has 1 N–H and O–H groups in total. The molecule has 0 radical (unpaired) electrons. The number of aliphatic carboxylic acids is 1. The Morgan fingerprint density at radius 1 is 0.808 bits per heavy atom. The molecule has 0 heterocycles. The van der Waals surface area contributed by atoms with Crippen molar-refractivity contribution in [2.75, 3.05) is 6.61 Å². The SMILES string of the molecule is CCOC(=O)C(C)(C)C(C)(C)CCCCC(=O)CCCCCCC(=O)O. The fraction of sp³-hybridized carbons (Fsp3) is 0.857. The van der Waals surface area contributed by atoms with Crippen LogP contribution in [0, 0.1) is 10.8 Å². The number of carbonyl (C=O) groups is 3. The number of hydrogen-bond donors (Lipinski definition) is 1. The normalized spacial score (nSPS) is 12.0. The molecule has 0 aromatic heterocycles.